The third-order valence-corrected chi connectivity index (χ3v) is 9.59. The fourth-order valence-corrected chi connectivity index (χ4v) is 7.29. The topological polar surface area (TPSA) is 44.9 Å². The van der Waals surface area contributed by atoms with Gasteiger partial charge in [0.05, 0.1) is 5.69 Å². The zero-order valence-electron chi connectivity index (χ0n) is 30.7. The molecule has 0 radical (unpaired) electrons. The van der Waals surface area contributed by atoms with E-state index >= 15 is 0 Å². The number of hydrogen-bond donors (Lipinski definition) is 0. The minimum atomic E-state index is 0. The van der Waals surface area contributed by atoms with Gasteiger partial charge >= 0.3 is 20.4 Å². The van der Waals surface area contributed by atoms with E-state index in [9.17, 15) is 0 Å². The number of pyridine rings is 1. The van der Waals surface area contributed by atoms with Crippen LogP contribution in [0.15, 0.2) is 85.1 Å². The van der Waals surface area contributed by atoms with Gasteiger partial charge < -0.3 is 9.30 Å². The Morgan fingerprint density at radius 3 is 2.27 bits per heavy atom. The molecule has 262 valence electrons. The van der Waals surface area contributed by atoms with Gasteiger partial charge in [0.2, 0.25) is 0 Å². The summed E-state index contributed by atoms with van der Waals surface area (Å²) in [6.07, 6.45) is 7.01. The zero-order valence-corrected chi connectivity index (χ0v) is 32.3. The summed E-state index contributed by atoms with van der Waals surface area (Å²) in [5.74, 6) is 2.70. The molecule has 0 N–H and O–H groups in total. The van der Waals surface area contributed by atoms with E-state index in [1.807, 2.05) is 30.5 Å². The normalized spacial score (nSPS) is 11.5. The van der Waals surface area contributed by atoms with Crippen molar-refractivity contribution >= 4 is 21.8 Å². The van der Waals surface area contributed by atoms with Crippen LogP contribution in [0.5, 0.6) is 11.5 Å². The van der Waals surface area contributed by atoms with Crippen LogP contribution in [0.4, 0.5) is 0 Å². The third kappa shape index (κ3) is 7.31. The molecule has 51 heavy (non-hydrogen) atoms. The second kappa shape index (κ2) is 15.4. The number of aromatic nitrogens is 4. The monoisotopic (exact) mass is 764 g/mol. The maximum atomic E-state index is 6.55. The maximum Gasteiger partial charge on any atom is 2.00 e. The molecule has 7 aromatic rings. The van der Waals surface area contributed by atoms with Crippen LogP contribution in [0.2, 0.25) is 0 Å². The molecule has 0 fully saturated rings. The number of rotatable bonds is 11. The van der Waals surface area contributed by atoms with Crippen molar-refractivity contribution in [2.45, 2.75) is 80.6 Å². The van der Waals surface area contributed by atoms with Crippen molar-refractivity contribution in [1.82, 2.24) is 19.3 Å². The average Bonchev–Trinajstić information content (AvgIpc) is 3.61. The Hall–Kier alpha value is -4.50. The second-order valence-electron chi connectivity index (χ2n) is 14.1. The summed E-state index contributed by atoms with van der Waals surface area (Å²) < 4.78 is 10.9. The van der Waals surface area contributed by atoms with Gasteiger partial charge in [-0.15, -0.1) is 35.7 Å². The van der Waals surface area contributed by atoms with Gasteiger partial charge in [0, 0.05) is 34.5 Å². The Kier molecular flexibility index (Phi) is 11.0. The second-order valence-corrected chi connectivity index (χ2v) is 14.1. The first-order valence-electron chi connectivity index (χ1n) is 18.0. The fourth-order valence-electron chi connectivity index (χ4n) is 7.29. The van der Waals surface area contributed by atoms with Crippen LogP contribution < -0.4 is 4.74 Å². The molecule has 0 spiro atoms. The molecule has 7 rings (SSSR count). The standard InChI is InChI=1S/C45H46N4O.Pd/c1-8-9-16-41-45(44-32(6)24-31(5)25-33(44)7)39(21-18-29(2)3)47-49(41)34-13-12-14-35(27-34)50-36-19-20-38-37-15-10-11-17-40(37)48(42(38)28-36)43-26-30(4)22-23-46-43;/h10-15,17,19-20,22-26,29H,8-9,16,18,21H2,1-7H3;/q-2;+2. The molecular weight excluding hydrogens is 719 g/mol. The van der Waals surface area contributed by atoms with E-state index in [2.05, 4.69) is 124 Å². The van der Waals surface area contributed by atoms with E-state index in [0.29, 0.717) is 17.4 Å². The Morgan fingerprint density at radius 1 is 0.765 bits per heavy atom. The molecule has 0 saturated carbocycles. The Bertz CT molecular complexity index is 2310. The van der Waals surface area contributed by atoms with Crippen LogP contribution in [0.1, 0.15) is 73.7 Å². The van der Waals surface area contributed by atoms with Gasteiger partial charge in [-0.25, -0.2) is 4.98 Å². The van der Waals surface area contributed by atoms with E-state index in [1.165, 1.54) is 33.5 Å². The Morgan fingerprint density at radius 2 is 1.53 bits per heavy atom. The molecule has 0 unspecified atom stereocenters. The van der Waals surface area contributed by atoms with Crippen LogP contribution >= 0.6 is 0 Å². The van der Waals surface area contributed by atoms with Gasteiger partial charge in [-0.2, -0.15) is 17.2 Å². The van der Waals surface area contributed by atoms with Crippen LogP contribution in [0.3, 0.4) is 0 Å². The summed E-state index contributed by atoms with van der Waals surface area (Å²) in [5.41, 5.74) is 13.0. The van der Waals surface area contributed by atoms with E-state index in [0.717, 1.165) is 76.7 Å². The zero-order chi connectivity index (χ0) is 34.9. The van der Waals surface area contributed by atoms with Gasteiger partial charge in [-0.1, -0.05) is 68.6 Å². The van der Waals surface area contributed by atoms with Crippen LogP contribution in [-0.4, -0.2) is 19.3 Å². The number of unbranched alkanes of at least 4 members (excludes halogenated alkanes) is 1. The minimum Gasteiger partial charge on any atom is -0.509 e. The summed E-state index contributed by atoms with van der Waals surface area (Å²) in [6, 6.07) is 34.5. The molecule has 0 aliphatic carbocycles. The average molecular weight is 765 g/mol. The minimum absolute atomic E-state index is 0. The SMILES string of the molecule is CCCCc1c(-c2c(C)cc(C)cc2C)c(CCC(C)C)nn1-c1[c-]c(Oc2[c-]c3c(cc2)c2ccccc2n3-c2cc(C)ccn2)ccc1.[Pd+2]. The molecule has 0 atom stereocenters. The molecule has 4 aromatic carbocycles. The number of nitrogens with zero attached hydrogens (tertiary/aromatic N) is 4. The van der Waals surface area contributed by atoms with Crippen molar-refractivity contribution in [2.24, 2.45) is 5.92 Å². The molecule has 6 heteroatoms. The first kappa shape index (κ1) is 36.3. The Labute approximate surface area is 316 Å². The molecule has 3 aromatic heterocycles. The predicted octanol–water partition coefficient (Wildman–Crippen LogP) is 11.6. The summed E-state index contributed by atoms with van der Waals surface area (Å²) in [6.45, 7) is 15.6. The summed E-state index contributed by atoms with van der Waals surface area (Å²) in [5, 5.41) is 7.63. The van der Waals surface area contributed by atoms with E-state index in [-0.39, 0.29) is 20.4 Å². The van der Waals surface area contributed by atoms with E-state index < -0.39 is 0 Å². The molecule has 0 amide bonds. The van der Waals surface area contributed by atoms with Crippen LogP contribution in [0, 0.1) is 45.7 Å². The number of hydrogen-bond acceptors (Lipinski definition) is 3. The maximum absolute atomic E-state index is 6.55. The van der Waals surface area contributed by atoms with Gasteiger partial charge in [-0.05, 0) is 111 Å². The summed E-state index contributed by atoms with van der Waals surface area (Å²) >= 11 is 0. The largest absolute Gasteiger partial charge is 2.00 e. The number of para-hydroxylation sites is 1. The first-order chi connectivity index (χ1) is 24.2. The van der Waals surface area contributed by atoms with Crippen molar-refractivity contribution in [1.29, 1.82) is 0 Å². The Balaban J connectivity index is 0.00000448. The third-order valence-electron chi connectivity index (χ3n) is 9.59. The van der Waals surface area contributed by atoms with E-state index in [1.54, 1.807) is 0 Å². The molecule has 3 heterocycles. The van der Waals surface area contributed by atoms with Crippen molar-refractivity contribution < 1.29 is 25.2 Å². The van der Waals surface area contributed by atoms with Crippen molar-refractivity contribution in [3.05, 3.63) is 131 Å². The van der Waals surface area contributed by atoms with Crippen molar-refractivity contribution in [2.75, 3.05) is 0 Å². The van der Waals surface area contributed by atoms with Gasteiger partial charge in [0.1, 0.15) is 5.82 Å². The number of ether oxygens (including phenoxy) is 1. The smallest absolute Gasteiger partial charge is 0.509 e. The van der Waals surface area contributed by atoms with Crippen LogP contribution in [-0.2, 0) is 33.3 Å². The molecule has 5 nitrogen and oxygen atoms in total. The first-order valence-corrected chi connectivity index (χ1v) is 18.0. The molecule has 0 aliphatic rings. The van der Waals surface area contributed by atoms with Gasteiger partial charge in [-0.3, -0.25) is 4.68 Å². The van der Waals surface area contributed by atoms with Crippen molar-refractivity contribution in [3.63, 3.8) is 0 Å². The number of aryl methyl sites for hydroxylation is 5. The summed E-state index contributed by atoms with van der Waals surface area (Å²) in [4.78, 5) is 4.73. The van der Waals surface area contributed by atoms with E-state index in [4.69, 9.17) is 14.8 Å². The fraction of sp³-hybridized carbons (Fsp3) is 0.289. The molecule has 0 saturated heterocycles. The quantitative estimate of drug-likeness (QED) is 0.0973. The number of benzene rings is 4. The molecular formula is C45H46N4OPd. The van der Waals surface area contributed by atoms with Gasteiger partial charge in [0.15, 0.2) is 0 Å². The number of fused-ring (bicyclic) bond motifs is 3. The predicted molar refractivity (Wildman–Crippen MR) is 206 cm³/mol. The summed E-state index contributed by atoms with van der Waals surface area (Å²) in [7, 11) is 0. The molecule has 0 bridgehead atoms. The molecule has 0 aliphatic heterocycles. The van der Waals surface area contributed by atoms with Crippen LogP contribution in [0.25, 0.3) is 44.4 Å². The van der Waals surface area contributed by atoms with Crippen molar-refractivity contribution in [3.8, 4) is 34.1 Å². The van der Waals surface area contributed by atoms with Gasteiger partial charge in [0.25, 0.3) is 0 Å².